The first-order valence-electron chi connectivity index (χ1n) is 4.38. The van der Waals surface area contributed by atoms with Gasteiger partial charge in [-0.15, -0.1) is 11.3 Å². The van der Waals surface area contributed by atoms with E-state index < -0.39 is 10.0 Å². The van der Waals surface area contributed by atoms with Crippen LogP contribution in [0.5, 0.6) is 0 Å². The molecule has 0 aliphatic carbocycles. The Balaban J connectivity index is 2.35. The van der Waals surface area contributed by atoms with Gasteiger partial charge in [-0.1, -0.05) is 11.6 Å². The number of anilines is 1. The van der Waals surface area contributed by atoms with Crippen LogP contribution < -0.4 is 4.72 Å². The third kappa shape index (κ3) is 2.65. The molecule has 2 aromatic heterocycles. The van der Waals surface area contributed by atoms with Gasteiger partial charge in [0.25, 0.3) is 10.0 Å². The highest BCUT2D eigenvalue weighted by Crippen LogP contribution is 2.35. The molecule has 0 aliphatic rings. The first kappa shape index (κ1) is 12.9. The van der Waals surface area contributed by atoms with E-state index in [0.29, 0.717) is 14.6 Å². The monoisotopic (exact) mass is 355 g/mol. The number of H-pyrrole nitrogens is 1. The molecule has 2 aromatic rings. The Bertz CT molecular complexity index is 630. The molecule has 0 unspecified atom stereocenters. The Labute approximate surface area is 115 Å². The lowest BCUT2D eigenvalue weighted by Gasteiger charge is -2.03. The largest absolute Gasteiger partial charge is 0.272 e. The number of nitrogens with zero attached hydrogens (tertiary/aromatic N) is 1. The maximum atomic E-state index is 12.0. The number of hydrogen-bond donors (Lipinski definition) is 2. The number of aromatic nitrogens is 2. The summed E-state index contributed by atoms with van der Waals surface area (Å²) in [5.74, 6) is 0.352. The Morgan fingerprint density at radius 3 is 2.76 bits per heavy atom. The zero-order chi connectivity index (χ0) is 12.6. The maximum Gasteiger partial charge on any atom is 0.272 e. The zero-order valence-electron chi connectivity index (χ0n) is 8.49. The quantitative estimate of drug-likeness (QED) is 0.887. The molecule has 0 spiro atoms. The number of aromatic amines is 1. The minimum Gasteiger partial charge on any atom is -0.263 e. The van der Waals surface area contributed by atoms with Crippen LogP contribution in [0.25, 0.3) is 0 Å². The van der Waals surface area contributed by atoms with E-state index in [1.807, 2.05) is 0 Å². The summed E-state index contributed by atoms with van der Waals surface area (Å²) < 4.78 is 27.1. The van der Waals surface area contributed by atoms with Crippen molar-refractivity contribution in [3.8, 4) is 0 Å². The Morgan fingerprint density at radius 2 is 2.29 bits per heavy atom. The SMILES string of the molecule is Cc1cn[nH]c1NS(=O)(=O)c1cc(Cl)c(Br)s1. The average Bonchev–Trinajstić information content (AvgIpc) is 2.76. The van der Waals surface area contributed by atoms with Crippen molar-refractivity contribution in [3.05, 3.63) is 26.6 Å². The topological polar surface area (TPSA) is 74.8 Å². The number of rotatable bonds is 3. The average molecular weight is 357 g/mol. The van der Waals surface area contributed by atoms with Gasteiger partial charge >= 0.3 is 0 Å². The van der Waals surface area contributed by atoms with E-state index >= 15 is 0 Å². The second kappa shape index (κ2) is 4.60. The minimum absolute atomic E-state index is 0.142. The number of halogens is 2. The summed E-state index contributed by atoms with van der Waals surface area (Å²) >= 11 is 10.0. The number of sulfonamides is 1. The molecular weight excluding hydrogens is 350 g/mol. The second-order valence-electron chi connectivity index (χ2n) is 3.22. The number of hydrogen-bond acceptors (Lipinski definition) is 4. The van der Waals surface area contributed by atoms with Crippen molar-refractivity contribution in [1.29, 1.82) is 0 Å². The Kier molecular flexibility index (Phi) is 3.48. The van der Waals surface area contributed by atoms with Gasteiger partial charge in [0.1, 0.15) is 10.0 Å². The van der Waals surface area contributed by atoms with Crippen LogP contribution in [0.15, 0.2) is 20.3 Å². The van der Waals surface area contributed by atoms with Gasteiger partial charge in [0, 0.05) is 5.56 Å². The van der Waals surface area contributed by atoms with E-state index in [1.165, 1.54) is 12.3 Å². The number of thiophene rings is 1. The first-order valence-corrected chi connectivity index (χ1v) is 7.85. The summed E-state index contributed by atoms with van der Waals surface area (Å²) in [5.41, 5.74) is 0.718. The van der Waals surface area contributed by atoms with E-state index in [2.05, 4.69) is 30.8 Å². The fourth-order valence-corrected chi connectivity index (χ4v) is 4.58. The molecule has 17 heavy (non-hydrogen) atoms. The zero-order valence-corrected chi connectivity index (χ0v) is 12.5. The summed E-state index contributed by atoms with van der Waals surface area (Å²) in [7, 11) is -3.62. The highest BCUT2D eigenvalue weighted by Gasteiger charge is 2.20. The number of aryl methyl sites for hydroxylation is 1. The molecule has 0 fully saturated rings. The predicted molar refractivity (Wildman–Crippen MR) is 71.2 cm³/mol. The molecule has 0 saturated carbocycles. The Morgan fingerprint density at radius 1 is 1.59 bits per heavy atom. The number of nitrogens with one attached hydrogen (secondary N) is 2. The van der Waals surface area contributed by atoms with Gasteiger partial charge in [0.15, 0.2) is 0 Å². The van der Waals surface area contributed by atoms with E-state index in [9.17, 15) is 8.42 Å². The molecule has 0 saturated heterocycles. The molecule has 5 nitrogen and oxygen atoms in total. The molecule has 0 aliphatic heterocycles. The fourth-order valence-electron chi connectivity index (χ4n) is 1.09. The van der Waals surface area contributed by atoms with Gasteiger partial charge in [-0.2, -0.15) is 5.10 Å². The standard InChI is InChI=1S/C8H7BrClN3O2S2/c1-4-3-11-12-8(4)13-17(14,15)6-2-5(10)7(9)16-6/h2-3H,1H3,(H2,11,12,13). The predicted octanol–water partition coefficient (Wildman–Crippen LogP) is 3.00. The van der Waals surface area contributed by atoms with Crippen molar-refractivity contribution in [2.75, 3.05) is 4.72 Å². The summed E-state index contributed by atoms with van der Waals surface area (Å²) in [5, 5.41) is 6.68. The molecule has 2 heterocycles. The van der Waals surface area contributed by atoms with Crippen LogP contribution in [0.4, 0.5) is 5.82 Å². The van der Waals surface area contributed by atoms with E-state index in [0.717, 1.165) is 16.9 Å². The normalized spacial score (nSPS) is 11.7. The van der Waals surface area contributed by atoms with Crippen molar-refractivity contribution in [1.82, 2.24) is 10.2 Å². The smallest absolute Gasteiger partial charge is 0.263 e. The van der Waals surface area contributed by atoms with Crippen LogP contribution in [0.3, 0.4) is 0 Å². The van der Waals surface area contributed by atoms with Crippen LogP contribution in [0, 0.1) is 6.92 Å². The van der Waals surface area contributed by atoms with Gasteiger partial charge in [-0.05, 0) is 28.9 Å². The van der Waals surface area contributed by atoms with Crippen molar-refractivity contribution in [3.63, 3.8) is 0 Å². The highest BCUT2D eigenvalue weighted by molar-refractivity contribution is 9.11. The van der Waals surface area contributed by atoms with Crippen LogP contribution >= 0.6 is 38.9 Å². The molecule has 92 valence electrons. The molecule has 0 radical (unpaired) electrons. The molecule has 2 N–H and O–H groups in total. The van der Waals surface area contributed by atoms with E-state index in [-0.39, 0.29) is 4.21 Å². The summed E-state index contributed by atoms with van der Waals surface area (Å²) in [4.78, 5) is 0. The van der Waals surface area contributed by atoms with Crippen LogP contribution in [-0.4, -0.2) is 18.6 Å². The van der Waals surface area contributed by atoms with Crippen molar-refractivity contribution in [2.24, 2.45) is 0 Å². The van der Waals surface area contributed by atoms with E-state index in [4.69, 9.17) is 11.6 Å². The van der Waals surface area contributed by atoms with Gasteiger partial charge in [-0.3, -0.25) is 9.82 Å². The minimum atomic E-state index is -3.62. The molecule has 0 bridgehead atoms. The maximum absolute atomic E-state index is 12.0. The van der Waals surface area contributed by atoms with Gasteiger partial charge in [0.05, 0.1) is 15.0 Å². The molecule has 0 atom stereocenters. The lowest BCUT2D eigenvalue weighted by molar-refractivity contribution is 0.603. The summed E-state index contributed by atoms with van der Waals surface area (Å²) in [6.45, 7) is 1.75. The van der Waals surface area contributed by atoms with E-state index in [1.54, 1.807) is 6.92 Å². The van der Waals surface area contributed by atoms with Gasteiger partial charge in [0.2, 0.25) is 0 Å². The summed E-state index contributed by atoms with van der Waals surface area (Å²) in [6.07, 6.45) is 1.54. The fraction of sp³-hybridized carbons (Fsp3) is 0.125. The first-order chi connectivity index (χ1) is 7.90. The van der Waals surface area contributed by atoms with Gasteiger partial charge < -0.3 is 0 Å². The molecule has 2 rings (SSSR count). The van der Waals surface area contributed by atoms with Crippen LogP contribution in [0.2, 0.25) is 5.02 Å². The summed E-state index contributed by atoms with van der Waals surface area (Å²) in [6, 6.07) is 1.39. The van der Waals surface area contributed by atoms with Crippen molar-refractivity contribution in [2.45, 2.75) is 11.1 Å². The van der Waals surface area contributed by atoms with Crippen LogP contribution in [0.1, 0.15) is 5.56 Å². The lowest BCUT2D eigenvalue weighted by Crippen LogP contribution is -2.12. The molecule has 0 amide bonds. The third-order valence-corrected chi connectivity index (χ3v) is 6.25. The molecule has 9 heteroatoms. The molecule has 0 aromatic carbocycles. The second-order valence-corrected chi connectivity index (χ2v) is 7.91. The highest BCUT2D eigenvalue weighted by atomic mass is 79.9. The van der Waals surface area contributed by atoms with Crippen molar-refractivity contribution >= 4 is 54.7 Å². The Hall–Kier alpha value is -0.570. The van der Waals surface area contributed by atoms with Gasteiger partial charge in [-0.25, -0.2) is 8.42 Å². The third-order valence-electron chi connectivity index (χ3n) is 1.95. The van der Waals surface area contributed by atoms with Crippen LogP contribution in [-0.2, 0) is 10.0 Å². The lowest BCUT2D eigenvalue weighted by atomic mass is 10.4. The van der Waals surface area contributed by atoms with Crippen molar-refractivity contribution < 1.29 is 8.42 Å². The molecular formula is C8H7BrClN3O2S2.